The Kier molecular flexibility index (Phi) is 4.46. The van der Waals surface area contributed by atoms with Crippen LogP contribution >= 0.6 is 0 Å². The molecule has 0 N–H and O–H groups in total. The van der Waals surface area contributed by atoms with Gasteiger partial charge in [0.05, 0.1) is 5.56 Å². The van der Waals surface area contributed by atoms with Gasteiger partial charge in [0.1, 0.15) is 5.78 Å². The lowest BCUT2D eigenvalue weighted by Gasteiger charge is -2.10. The maximum Gasteiger partial charge on any atom is 0.416 e. The summed E-state index contributed by atoms with van der Waals surface area (Å²) in [6.07, 6.45) is -3.31. The van der Waals surface area contributed by atoms with E-state index >= 15 is 0 Å². The molecule has 0 radical (unpaired) electrons. The lowest BCUT2D eigenvalue weighted by Crippen LogP contribution is -2.04. The van der Waals surface area contributed by atoms with Gasteiger partial charge in [-0.05, 0) is 42.2 Å². The number of Topliss-reactive ketones (excluding diaryl/α,β-unsaturated/α-hetero) is 1. The van der Waals surface area contributed by atoms with Crippen LogP contribution in [0.5, 0.6) is 0 Å². The smallest absolute Gasteiger partial charge is 0.300 e. The van der Waals surface area contributed by atoms with Crippen LogP contribution < -0.4 is 0 Å². The van der Waals surface area contributed by atoms with Gasteiger partial charge in [0.2, 0.25) is 0 Å². The molecule has 0 saturated carbocycles. The molecule has 0 amide bonds. The first-order valence-corrected chi connectivity index (χ1v) is 6.62. The van der Waals surface area contributed by atoms with Gasteiger partial charge in [-0.3, -0.25) is 0 Å². The van der Waals surface area contributed by atoms with Crippen LogP contribution in [0.3, 0.4) is 0 Å². The Bertz CT molecular complexity index is 644. The van der Waals surface area contributed by atoms with Crippen LogP contribution in [-0.2, 0) is 17.4 Å². The summed E-state index contributed by atoms with van der Waals surface area (Å²) in [5.74, 6) is 0.0967. The first-order valence-electron chi connectivity index (χ1n) is 6.62. The van der Waals surface area contributed by atoms with Gasteiger partial charge in [0, 0.05) is 6.42 Å². The lowest BCUT2D eigenvalue weighted by atomic mass is 9.99. The normalized spacial score (nSPS) is 11.4. The highest BCUT2D eigenvalue weighted by Gasteiger charge is 2.30. The van der Waals surface area contributed by atoms with Crippen LogP contribution in [0.25, 0.3) is 11.1 Å². The van der Waals surface area contributed by atoms with Crippen LogP contribution in [0.4, 0.5) is 13.2 Å². The molecule has 0 heterocycles. The quantitative estimate of drug-likeness (QED) is 0.783. The van der Waals surface area contributed by atoms with Gasteiger partial charge in [0.15, 0.2) is 0 Å². The molecule has 0 aromatic heterocycles. The van der Waals surface area contributed by atoms with Crippen molar-refractivity contribution >= 4 is 5.78 Å². The van der Waals surface area contributed by atoms with E-state index in [9.17, 15) is 18.0 Å². The van der Waals surface area contributed by atoms with Gasteiger partial charge in [-0.25, -0.2) is 0 Å². The largest absolute Gasteiger partial charge is 0.416 e. The molecule has 0 unspecified atom stereocenters. The average Bonchev–Trinajstić information content (AvgIpc) is 2.45. The van der Waals surface area contributed by atoms with Gasteiger partial charge in [0.25, 0.3) is 0 Å². The summed E-state index contributed by atoms with van der Waals surface area (Å²) in [6, 6.07) is 12.5. The maximum atomic E-state index is 12.7. The number of ketones is 1. The fraction of sp³-hybridized carbons (Fsp3) is 0.235. The topological polar surface area (TPSA) is 17.1 Å². The number of hydrogen-bond acceptors (Lipinski definition) is 1. The highest BCUT2D eigenvalue weighted by molar-refractivity contribution is 5.75. The minimum atomic E-state index is -4.34. The van der Waals surface area contributed by atoms with E-state index < -0.39 is 11.7 Å². The predicted octanol–water partition coefficient (Wildman–Crippen LogP) is 4.89. The Morgan fingerprint density at radius 3 is 2.24 bits per heavy atom. The summed E-state index contributed by atoms with van der Waals surface area (Å²) in [7, 11) is 0. The molecule has 0 aliphatic rings. The Labute approximate surface area is 121 Å². The molecule has 4 heteroatoms. The molecule has 2 aromatic carbocycles. The molecule has 2 aromatic rings. The zero-order valence-electron chi connectivity index (χ0n) is 11.6. The molecule has 0 aliphatic carbocycles. The molecule has 0 bridgehead atoms. The highest BCUT2D eigenvalue weighted by Crippen LogP contribution is 2.32. The van der Waals surface area contributed by atoms with E-state index in [4.69, 9.17) is 0 Å². The fourth-order valence-electron chi connectivity index (χ4n) is 2.10. The Morgan fingerprint density at radius 2 is 1.62 bits per heavy atom. The van der Waals surface area contributed by atoms with E-state index in [1.54, 1.807) is 18.2 Å². The van der Waals surface area contributed by atoms with Crippen molar-refractivity contribution in [1.29, 1.82) is 0 Å². The predicted molar refractivity (Wildman–Crippen MR) is 75.9 cm³/mol. The van der Waals surface area contributed by atoms with Gasteiger partial charge in [-0.2, -0.15) is 13.2 Å². The van der Waals surface area contributed by atoms with Crippen molar-refractivity contribution in [2.24, 2.45) is 0 Å². The van der Waals surface area contributed by atoms with Crippen LogP contribution in [-0.4, -0.2) is 5.78 Å². The van der Waals surface area contributed by atoms with E-state index in [1.165, 1.54) is 13.0 Å². The van der Waals surface area contributed by atoms with Crippen molar-refractivity contribution in [1.82, 2.24) is 0 Å². The molecular formula is C17H15F3O. The summed E-state index contributed by atoms with van der Waals surface area (Å²) >= 11 is 0. The number of rotatable bonds is 4. The Morgan fingerprint density at radius 1 is 1.00 bits per heavy atom. The van der Waals surface area contributed by atoms with Gasteiger partial charge < -0.3 is 4.79 Å². The summed E-state index contributed by atoms with van der Waals surface area (Å²) in [4.78, 5) is 11.0. The second-order valence-electron chi connectivity index (χ2n) is 4.98. The van der Waals surface area contributed by atoms with E-state index in [2.05, 4.69) is 0 Å². The SMILES string of the molecule is CC(=O)CCc1cccc(-c2cccc(C(F)(F)F)c2)c1. The molecule has 0 spiro atoms. The monoisotopic (exact) mass is 292 g/mol. The van der Waals surface area contributed by atoms with Crippen LogP contribution in [0.15, 0.2) is 48.5 Å². The number of hydrogen-bond donors (Lipinski definition) is 0. The van der Waals surface area contributed by atoms with E-state index in [-0.39, 0.29) is 5.78 Å². The third-order valence-corrected chi connectivity index (χ3v) is 3.22. The second-order valence-corrected chi connectivity index (χ2v) is 4.98. The third-order valence-electron chi connectivity index (χ3n) is 3.22. The number of carbonyl (C=O) groups is 1. The van der Waals surface area contributed by atoms with Crippen LogP contribution in [0.2, 0.25) is 0 Å². The number of alkyl halides is 3. The molecule has 0 atom stereocenters. The van der Waals surface area contributed by atoms with E-state index in [0.717, 1.165) is 23.3 Å². The number of carbonyl (C=O) groups excluding carboxylic acids is 1. The summed E-state index contributed by atoms with van der Waals surface area (Å²) < 4.78 is 38.2. The molecule has 0 saturated heterocycles. The van der Waals surface area contributed by atoms with Gasteiger partial charge in [-0.1, -0.05) is 36.4 Å². The number of halogens is 3. The second kappa shape index (κ2) is 6.12. The molecular weight excluding hydrogens is 277 g/mol. The zero-order chi connectivity index (χ0) is 15.5. The summed E-state index contributed by atoms with van der Waals surface area (Å²) in [6.45, 7) is 1.52. The third kappa shape index (κ3) is 4.18. The summed E-state index contributed by atoms with van der Waals surface area (Å²) in [5, 5.41) is 0. The van der Waals surface area contributed by atoms with Crippen molar-refractivity contribution in [2.45, 2.75) is 25.9 Å². The molecule has 0 aliphatic heterocycles. The number of benzene rings is 2. The van der Waals surface area contributed by atoms with Crippen molar-refractivity contribution in [3.8, 4) is 11.1 Å². The minimum Gasteiger partial charge on any atom is -0.300 e. The molecule has 110 valence electrons. The lowest BCUT2D eigenvalue weighted by molar-refractivity contribution is -0.137. The van der Waals surface area contributed by atoms with Crippen molar-refractivity contribution in [2.75, 3.05) is 0 Å². The maximum absolute atomic E-state index is 12.7. The highest BCUT2D eigenvalue weighted by atomic mass is 19.4. The van der Waals surface area contributed by atoms with Crippen LogP contribution in [0, 0.1) is 0 Å². The first-order chi connectivity index (χ1) is 9.86. The fourth-order valence-corrected chi connectivity index (χ4v) is 2.10. The summed E-state index contributed by atoms with van der Waals surface area (Å²) in [5.41, 5.74) is 1.53. The Hall–Kier alpha value is -2.10. The van der Waals surface area contributed by atoms with Crippen LogP contribution in [0.1, 0.15) is 24.5 Å². The van der Waals surface area contributed by atoms with Gasteiger partial charge >= 0.3 is 6.18 Å². The van der Waals surface area contributed by atoms with Crippen molar-refractivity contribution < 1.29 is 18.0 Å². The molecule has 21 heavy (non-hydrogen) atoms. The number of aryl methyl sites for hydroxylation is 1. The zero-order valence-corrected chi connectivity index (χ0v) is 11.6. The van der Waals surface area contributed by atoms with E-state index in [0.29, 0.717) is 18.4 Å². The molecule has 1 nitrogen and oxygen atoms in total. The average molecular weight is 292 g/mol. The van der Waals surface area contributed by atoms with Gasteiger partial charge in [-0.15, -0.1) is 0 Å². The minimum absolute atomic E-state index is 0.0967. The van der Waals surface area contributed by atoms with E-state index in [1.807, 2.05) is 12.1 Å². The first kappa shape index (κ1) is 15.3. The molecule has 2 rings (SSSR count). The molecule has 0 fully saturated rings. The van der Waals surface area contributed by atoms with Crippen molar-refractivity contribution in [3.63, 3.8) is 0 Å². The Balaban J connectivity index is 2.30. The standard InChI is InChI=1S/C17H15F3O/c1-12(21)8-9-13-4-2-5-14(10-13)15-6-3-7-16(11-15)17(18,19)20/h2-7,10-11H,8-9H2,1H3. The van der Waals surface area contributed by atoms with Crippen molar-refractivity contribution in [3.05, 3.63) is 59.7 Å².